The van der Waals surface area contributed by atoms with Crippen molar-refractivity contribution < 1.29 is 13.6 Å². The molecule has 1 N–H and O–H groups in total. The monoisotopic (exact) mass is 308 g/mol. The Balaban J connectivity index is 1.72. The van der Waals surface area contributed by atoms with Crippen LogP contribution in [0, 0.1) is 11.6 Å². The van der Waals surface area contributed by atoms with Crippen molar-refractivity contribution in [3.05, 3.63) is 64.4 Å². The maximum Gasteiger partial charge on any atom is 0.253 e. The predicted molar refractivity (Wildman–Crippen MR) is 74.2 cm³/mol. The Labute approximate surface area is 125 Å². The van der Waals surface area contributed by atoms with Crippen LogP contribution in [0.2, 0.25) is 5.02 Å². The molecule has 0 unspecified atom stereocenters. The molecule has 2 atom stereocenters. The molecule has 1 aliphatic carbocycles. The van der Waals surface area contributed by atoms with Gasteiger partial charge in [0, 0.05) is 29.9 Å². The molecule has 2 aromatic rings. The first-order valence-electron chi connectivity index (χ1n) is 6.42. The van der Waals surface area contributed by atoms with E-state index in [0.717, 1.165) is 0 Å². The van der Waals surface area contributed by atoms with E-state index in [0.29, 0.717) is 12.0 Å². The number of aromatic nitrogens is 1. The zero-order chi connectivity index (χ0) is 15.0. The van der Waals surface area contributed by atoms with Crippen LogP contribution >= 0.6 is 11.6 Å². The molecule has 21 heavy (non-hydrogen) atoms. The molecular weight excluding hydrogens is 298 g/mol. The van der Waals surface area contributed by atoms with Gasteiger partial charge in [0.25, 0.3) is 5.91 Å². The van der Waals surface area contributed by atoms with E-state index in [9.17, 15) is 13.6 Å². The largest absolute Gasteiger partial charge is 0.349 e. The molecule has 1 heterocycles. The Kier molecular flexibility index (Phi) is 3.59. The van der Waals surface area contributed by atoms with Crippen molar-refractivity contribution in [3.63, 3.8) is 0 Å². The summed E-state index contributed by atoms with van der Waals surface area (Å²) >= 11 is 5.88. The molecule has 0 aliphatic heterocycles. The molecule has 6 heteroatoms. The first-order chi connectivity index (χ1) is 10.1. The van der Waals surface area contributed by atoms with E-state index in [1.807, 2.05) is 0 Å². The van der Waals surface area contributed by atoms with Crippen molar-refractivity contribution in [2.45, 2.75) is 18.4 Å². The third-order valence-electron chi connectivity index (χ3n) is 3.49. The zero-order valence-corrected chi connectivity index (χ0v) is 11.6. The Morgan fingerprint density at radius 3 is 2.67 bits per heavy atom. The number of amides is 1. The lowest BCUT2D eigenvalue weighted by molar-refractivity contribution is 0.0950. The van der Waals surface area contributed by atoms with Gasteiger partial charge in [0.15, 0.2) is 0 Å². The van der Waals surface area contributed by atoms with Gasteiger partial charge in [0.2, 0.25) is 0 Å². The van der Waals surface area contributed by atoms with Gasteiger partial charge in [-0.05, 0) is 24.6 Å². The fraction of sp³-hybridized carbons (Fsp3) is 0.200. The van der Waals surface area contributed by atoms with Crippen LogP contribution in [0.3, 0.4) is 0 Å². The topological polar surface area (TPSA) is 42.0 Å². The molecule has 1 aromatic heterocycles. The molecule has 0 bridgehead atoms. The molecule has 1 aliphatic rings. The number of hydrogen-bond acceptors (Lipinski definition) is 2. The summed E-state index contributed by atoms with van der Waals surface area (Å²) < 4.78 is 27.3. The molecule has 0 spiro atoms. The van der Waals surface area contributed by atoms with Crippen molar-refractivity contribution in [2.75, 3.05) is 0 Å². The number of benzene rings is 1. The number of hydrogen-bond donors (Lipinski definition) is 1. The number of carbonyl (C=O) groups excluding carboxylic acids is 1. The molecule has 0 radical (unpaired) electrons. The van der Waals surface area contributed by atoms with Crippen LogP contribution in [0.1, 0.15) is 28.3 Å². The summed E-state index contributed by atoms with van der Waals surface area (Å²) in [7, 11) is 0. The quantitative estimate of drug-likeness (QED) is 0.945. The van der Waals surface area contributed by atoms with Gasteiger partial charge in [0.1, 0.15) is 11.6 Å². The van der Waals surface area contributed by atoms with Gasteiger partial charge < -0.3 is 5.32 Å². The average Bonchev–Trinajstić information content (AvgIpc) is 3.18. The second kappa shape index (κ2) is 5.41. The van der Waals surface area contributed by atoms with Crippen LogP contribution in [0.5, 0.6) is 0 Å². The fourth-order valence-electron chi connectivity index (χ4n) is 2.34. The summed E-state index contributed by atoms with van der Waals surface area (Å²) in [5.74, 6) is -1.88. The molecule has 1 fully saturated rings. The van der Waals surface area contributed by atoms with E-state index in [2.05, 4.69) is 10.3 Å². The Morgan fingerprint density at radius 1 is 1.29 bits per heavy atom. The average molecular weight is 309 g/mol. The van der Waals surface area contributed by atoms with Gasteiger partial charge in [-0.25, -0.2) is 8.78 Å². The van der Waals surface area contributed by atoms with E-state index in [1.54, 1.807) is 0 Å². The van der Waals surface area contributed by atoms with Crippen LogP contribution in [0.15, 0.2) is 36.7 Å². The fourth-order valence-corrected chi connectivity index (χ4v) is 2.55. The SMILES string of the molecule is O=C(N[C@@H]1C[C@@H]1c1c(F)cccc1F)c1ccncc1Cl. The van der Waals surface area contributed by atoms with E-state index >= 15 is 0 Å². The molecule has 108 valence electrons. The minimum Gasteiger partial charge on any atom is -0.349 e. The third kappa shape index (κ3) is 2.74. The van der Waals surface area contributed by atoms with Crippen molar-refractivity contribution >= 4 is 17.5 Å². The number of pyridine rings is 1. The standard InChI is InChI=1S/C15H11ClF2N2O/c16-10-7-19-5-4-8(10)15(21)20-13-6-9(13)14-11(17)2-1-3-12(14)18/h1-5,7,9,13H,6H2,(H,20,21)/t9-,13+/m0/s1. The number of carbonyl (C=O) groups is 1. The molecule has 3 rings (SSSR count). The normalized spacial score (nSPS) is 20.1. The molecule has 3 nitrogen and oxygen atoms in total. The van der Waals surface area contributed by atoms with Crippen molar-refractivity contribution in [1.82, 2.24) is 10.3 Å². The second-order valence-corrected chi connectivity index (χ2v) is 5.32. The highest BCUT2D eigenvalue weighted by Gasteiger charge is 2.42. The minimum atomic E-state index is -0.585. The highest BCUT2D eigenvalue weighted by atomic mass is 35.5. The van der Waals surface area contributed by atoms with E-state index < -0.39 is 11.6 Å². The Hall–Kier alpha value is -2.01. The van der Waals surface area contributed by atoms with Gasteiger partial charge in [-0.1, -0.05) is 17.7 Å². The van der Waals surface area contributed by atoms with Crippen LogP contribution in [0.25, 0.3) is 0 Å². The zero-order valence-electron chi connectivity index (χ0n) is 10.8. The maximum absolute atomic E-state index is 13.7. The summed E-state index contributed by atoms with van der Waals surface area (Å²) in [6, 6.07) is 4.97. The lowest BCUT2D eigenvalue weighted by atomic mass is 10.1. The maximum atomic E-state index is 13.7. The van der Waals surface area contributed by atoms with Crippen LogP contribution < -0.4 is 5.32 Å². The van der Waals surface area contributed by atoms with E-state index in [-0.39, 0.29) is 28.5 Å². The summed E-state index contributed by atoms with van der Waals surface area (Å²) in [5, 5.41) is 2.97. The van der Waals surface area contributed by atoms with Crippen molar-refractivity contribution in [1.29, 1.82) is 0 Å². The number of nitrogens with zero attached hydrogens (tertiary/aromatic N) is 1. The number of nitrogens with one attached hydrogen (secondary N) is 1. The number of rotatable bonds is 3. The molecule has 1 amide bonds. The molecular formula is C15H11ClF2N2O. The molecule has 1 aromatic carbocycles. The van der Waals surface area contributed by atoms with Crippen molar-refractivity contribution in [3.8, 4) is 0 Å². The van der Waals surface area contributed by atoms with Gasteiger partial charge in [0.05, 0.1) is 10.6 Å². The predicted octanol–water partition coefficient (Wildman–Crippen LogP) is 3.30. The Morgan fingerprint density at radius 2 is 2.00 bits per heavy atom. The van der Waals surface area contributed by atoms with Crippen LogP contribution in [0.4, 0.5) is 8.78 Å². The minimum absolute atomic E-state index is 0.0311. The molecule has 1 saturated carbocycles. The highest BCUT2D eigenvalue weighted by molar-refractivity contribution is 6.33. The number of halogens is 3. The lowest BCUT2D eigenvalue weighted by Gasteiger charge is -2.07. The van der Waals surface area contributed by atoms with Gasteiger partial charge in [-0.15, -0.1) is 0 Å². The van der Waals surface area contributed by atoms with Crippen LogP contribution in [-0.2, 0) is 0 Å². The lowest BCUT2D eigenvalue weighted by Crippen LogP contribution is -2.27. The van der Waals surface area contributed by atoms with Gasteiger partial charge in [-0.3, -0.25) is 9.78 Å². The van der Waals surface area contributed by atoms with Gasteiger partial charge in [-0.2, -0.15) is 0 Å². The summed E-state index contributed by atoms with van der Waals surface area (Å²) in [5.41, 5.74) is 0.329. The first-order valence-corrected chi connectivity index (χ1v) is 6.80. The third-order valence-corrected chi connectivity index (χ3v) is 3.80. The Bertz CT molecular complexity index is 688. The summed E-state index contributed by atoms with van der Waals surface area (Å²) in [6.07, 6.45) is 3.34. The summed E-state index contributed by atoms with van der Waals surface area (Å²) in [4.78, 5) is 15.8. The second-order valence-electron chi connectivity index (χ2n) is 4.91. The smallest absolute Gasteiger partial charge is 0.253 e. The van der Waals surface area contributed by atoms with Crippen LogP contribution in [-0.4, -0.2) is 16.9 Å². The summed E-state index contributed by atoms with van der Waals surface area (Å²) in [6.45, 7) is 0. The first kappa shape index (κ1) is 13.9. The van der Waals surface area contributed by atoms with E-state index in [1.165, 1.54) is 36.7 Å². The van der Waals surface area contributed by atoms with E-state index in [4.69, 9.17) is 11.6 Å². The molecule has 0 saturated heterocycles. The van der Waals surface area contributed by atoms with Crippen molar-refractivity contribution in [2.24, 2.45) is 0 Å². The highest BCUT2D eigenvalue weighted by Crippen LogP contribution is 2.43. The van der Waals surface area contributed by atoms with Gasteiger partial charge >= 0.3 is 0 Å².